The molecule has 7 heteroatoms. The first kappa shape index (κ1) is 13.0. The maximum atomic E-state index is 13.1. The maximum Gasteiger partial charge on any atom is 0.338 e. The monoisotopic (exact) mass is 253 g/mol. The summed E-state index contributed by atoms with van der Waals surface area (Å²) in [6, 6.07) is 3.45. The lowest BCUT2D eigenvalue weighted by atomic mass is 10.2. The van der Waals surface area contributed by atoms with Crippen LogP contribution in [-0.2, 0) is 0 Å². The van der Waals surface area contributed by atoms with Crippen LogP contribution < -0.4 is 5.32 Å². The van der Waals surface area contributed by atoms with Crippen molar-refractivity contribution in [2.75, 3.05) is 6.26 Å². The van der Waals surface area contributed by atoms with E-state index in [-0.39, 0.29) is 5.69 Å². The average molecular weight is 253 g/mol. The number of aliphatic imine (C=N–C) groups is 1. The van der Waals surface area contributed by atoms with Crippen LogP contribution in [0, 0.1) is 17.3 Å². The molecule has 0 saturated carbocycles. The Morgan fingerprint density at radius 1 is 1.65 bits per heavy atom. The van der Waals surface area contributed by atoms with Crippen LogP contribution in [0.5, 0.6) is 0 Å². The van der Waals surface area contributed by atoms with Crippen molar-refractivity contribution in [3.05, 3.63) is 29.6 Å². The highest BCUT2D eigenvalue weighted by Gasteiger charge is 2.10. The number of nitrogens with one attached hydrogen (secondary N) is 1. The molecule has 0 amide bonds. The summed E-state index contributed by atoms with van der Waals surface area (Å²) in [7, 11) is 0. The molecule has 1 aromatic carbocycles. The fourth-order valence-electron chi connectivity index (χ4n) is 1.04. The van der Waals surface area contributed by atoms with E-state index in [2.05, 4.69) is 10.3 Å². The standard InChI is InChI=1S/C10H8FN3O2S/c1-17-10(13-5-12)14-6-2-3-8(11)7(4-6)9(15)16/h2-4H,1H3,(H,13,14)(H,15,16). The molecule has 1 aromatic rings. The highest BCUT2D eigenvalue weighted by atomic mass is 32.2. The number of hydrogen-bond donors (Lipinski definition) is 2. The molecule has 0 aliphatic heterocycles. The van der Waals surface area contributed by atoms with E-state index in [1.54, 1.807) is 12.4 Å². The minimum Gasteiger partial charge on any atom is -0.478 e. The van der Waals surface area contributed by atoms with Gasteiger partial charge in [-0.1, -0.05) is 11.8 Å². The number of carbonyl (C=O) groups is 1. The van der Waals surface area contributed by atoms with Crippen LogP contribution in [0.3, 0.4) is 0 Å². The van der Waals surface area contributed by atoms with Gasteiger partial charge in [-0.05, 0) is 24.5 Å². The molecule has 0 fully saturated rings. The molecular formula is C10H8FN3O2S. The zero-order valence-electron chi connectivity index (χ0n) is 8.77. The van der Waals surface area contributed by atoms with E-state index >= 15 is 0 Å². The zero-order valence-corrected chi connectivity index (χ0v) is 9.58. The number of benzene rings is 1. The van der Waals surface area contributed by atoms with E-state index < -0.39 is 17.3 Å². The molecular weight excluding hydrogens is 245 g/mol. The Balaban J connectivity index is 3.12. The molecule has 0 atom stereocenters. The number of nitrogens with zero attached hydrogens (tertiary/aromatic N) is 2. The van der Waals surface area contributed by atoms with Crippen molar-refractivity contribution in [1.29, 1.82) is 5.26 Å². The molecule has 0 aliphatic rings. The second-order valence-corrected chi connectivity index (χ2v) is 3.62. The molecule has 0 spiro atoms. The van der Waals surface area contributed by atoms with Crippen LogP contribution >= 0.6 is 11.8 Å². The molecule has 1 rings (SSSR count). The maximum absolute atomic E-state index is 13.1. The van der Waals surface area contributed by atoms with Gasteiger partial charge in [-0.2, -0.15) is 5.26 Å². The number of carboxylic acid groups (broad SMARTS) is 1. The van der Waals surface area contributed by atoms with Gasteiger partial charge in [0.05, 0.1) is 11.3 Å². The highest BCUT2D eigenvalue weighted by molar-refractivity contribution is 8.13. The van der Waals surface area contributed by atoms with Crippen LogP contribution in [0.15, 0.2) is 23.2 Å². The number of nitriles is 1. The number of hydrogen-bond acceptors (Lipinski definition) is 4. The van der Waals surface area contributed by atoms with Crippen LogP contribution in [0.1, 0.15) is 10.4 Å². The Hall–Kier alpha value is -2.07. The van der Waals surface area contributed by atoms with E-state index in [0.29, 0.717) is 5.17 Å². The van der Waals surface area contributed by atoms with E-state index in [4.69, 9.17) is 10.4 Å². The Morgan fingerprint density at radius 3 is 2.88 bits per heavy atom. The Morgan fingerprint density at radius 2 is 2.35 bits per heavy atom. The molecule has 88 valence electrons. The fourth-order valence-corrected chi connectivity index (χ4v) is 1.38. The van der Waals surface area contributed by atoms with Crippen LogP contribution in [0.2, 0.25) is 0 Å². The molecule has 0 bridgehead atoms. The summed E-state index contributed by atoms with van der Waals surface area (Å²) in [4.78, 5) is 14.7. The predicted molar refractivity (Wildman–Crippen MR) is 62.7 cm³/mol. The first-order valence-corrected chi connectivity index (χ1v) is 5.61. The Labute approximate surface area is 101 Å². The van der Waals surface area contributed by atoms with Gasteiger partial charge in [0.15, 0.2) is 11.4 Å². The summed E-state index contributed by atoms with van der Waals surface area (Å²) in [6.07, 6.45) is 3.39. The van der Waals surface area contributed by atoms with Crippen molar-refractivity contribution >= 4 is 28.6 Å². The SMILES string of the molecule is CSC(=Nc1ccc(F)c(C(=O)O)c1)NC#N. The lowest BCUT2D eigenvalue weighted by Crippen LogP contribution is -2.12. The summed E-state index contributed by atoms with van der Waals surface area (Å²) in [5, 5.41) is 19.8. The summed E-state index contributed by atoms with van der Waals surface area (Å²) >= 11 is 1.18. The third-order valence-electron chi connectivity index (χ3n) is 1.77. The third-order valence-corrected chi connectivity index (χ3v) is 2.35. The molecule has 0 aromatic heterocycles. The lowest BCUT2D eigenvalue weighted by molar-refractivity contribution is 0.0692. The summed E-state index contributed by atoms with van der Waals surface area (Å²) < 4.78 is 13.1. The molecule has 17 heavy (non-hydrogen) atoms. The number of aromatic carboxylic acids is 1. The fraction of sp³-hybridized carbons (Fsp3) is 0.100. The van der Waals surface area contributed by atoms with Crippen molar-refractivity contribution in [3.63, 3.8) is 0 Å². The van der Waals surface area contributed by atoms with Gasteiger partial charge in [-0.25, -0.2) is 14.2 Å². The van der Waals surface area contributed by atoms with E-state index in [1.165, 1.54) is 17.8 Å². The second-order valence-electron chi connectivity index (χ2n) is 2.83. The number of carboxylic acids is 1. The van der Waals surface area contributed by atoms with Crippen LogP contribution in [0.4, 0.5) is 10.1 Å². The van der Waals surface area contributed by atoms with Gasteiger partial charge in [-0.15, -0.1) is 0 Å². The normalized spacial score (nSPS) is 10.8. The van der Waals surface area contributed by atoms with Gasteiger partial charge in [-0.3, -0.25) is 5.32 Å². The van der Waals surface area contributed by atoms with Crippen molar-refractivity contribution in [3.8, 4) is 6.19 Å². The molecule has 0 radical (unpaired) electrons. The quantitative estimate of drug-likeness (QED) is 0.364. The number of amidine groups is 1. The van der Waals surface area contributed by atoms with Crippen LogP contribution in [-0.4, -0.2) is 22.5 Å². The average Bonchev–Trinajstić information content (AvgIpc) is 2.30. The van der Waals surface area contributed by atoms with Gasteiger partial charge in [0.1, 0.15) is 5.82 Å². The Bertz CT molecular complexity index is 511. The first-order chi connectivity index (χ1) is 8.08. The Kier molecular flexibility index (Phi) is 4.48. The molecule has 0 saturated heterocycles. The van der Waals surface area contributed by atoms with Crippen LogP contribution in [0.25, 0.3) is 0 Å². The summed E-state index contributed by atoms with van der Waals surface area (Å²) in [5.41, 5.74) is -0.195. The second kappa shape index (κ2) is 5.86. The molecule has 0 unspecified atom stereocenters. The van der Waals surface area contributed by atoms with Crippen molar-refractivity contribution in [1.82, 2.24) is 5.32 Å². The minimum absolute atomic E-state index is 0.260. The van der Waals surface area contributed by atoms with Gasteiger partial charge in [0, 0.05) is 0 Å². The van der Waals surface area contributed by atoms with Gasteiger partial charge in [0.2, 0.25) is 0 Å². The predicted octanol–water partition coefficient (Wildman–Crippen LogP) is 1.95. The topological polar surface area (TPSA) is 85.5 Å². The summed E-state index contributed by atoms with van der Waals surface area (Å²) in [5.74, 6) is -2.19. The van der Waals surface area contributed by atoms with E-state index in [9.17, 15) is 9.18 Å². The van der Waals surface area contributed by atoms with Crippen molar-refractivity contribution < 1.29 is 14.3 Å². The largest absolute Gasteiger partial charge is 0.478 e. The molecule has 5 nitrogen and oxygen atoms in total. The minimum atomic E-state index is -1.36. The lowest BCUT2D eigenvalue weighted by Gasteiger charge is -2.01. The van der Waals surface area contributed by atoms with Gasteiger partial charge < -0.3 is 5.11 Å². The van der Waals surface area contributed by atoms with Gasteiger partial charge in [0.25, 0.3) is 0 Å². The number of halogens is 1. The van der Waals surface area contributed by atoms with Crippen molar-refractivity contribution in [2.45, 2.75) is 0 Å². The smallest absolute Gasteiger partial charge is 0.338 e. The molecule has 2 N–H and O–H groups in total. The third kappa shape index (κ3) is 3.46. The molecule has 0 aliphatic carbocycles. The number of thioether (sulfide) groups is 1. The number of rotatable bonds is 2. The van der Waals surface area contributed by atoms with Gasteiger partial charge >= 0.3 is 5.97 Å². The first-order valence-electron chi connectivity index (χ1n) is 4.39. The highest BCUT2D eigenvalue weighted by Crippen LogP contribution is 2.18. The summed E-state index contributed by atoms with van der Waals surface area (Å²) in [6.45, 7) is 0. The zero-order chi connectivity index (χ0) is 12.8. The van der Waals surface area contributed by atoms with Crippen molar-refractivity contribution in [2.24, 2.45) is 4.99 Å². The van der Waals surface area contributed by atoms with E-state index in [1.807, 2.05) is 0 Å². The van der Waals surface area contributed by atoms with E-state index in [0.717, 1.165) is 12.1 Å². The molecule has 0 heterocycles.